The maximum Gasteiger partial charge on any atom is 0.224 e. The van der Waals surface area contributed by atoms with Gasteiger partial charge < -0.3 is 14.5 Å². The van der Waals surface area contributed by atoms with Crippen LogP contribution in [0.15, 0.2) is 24.3 Å². The van der Waals surface area contributed by atoms with Crippen LogP contribution in [0.2, 0.25) is 0 Å². The number of carbonyl (C=O) groups excluding carboxylic acids is 1. The van der Waals surface area contributed by atoms with Gasteiger partial charge in [0, 0.05) is 31.1 Å². The monoisotopic (exact) mass is 318 g/mol. The molecular formula is C19H30N2O2. The number of para-hydroxylation sites is 1. The first-order chi connectivity index (χ1) is 11.2. The zero-order chi connectivity index (χ0) is 16.7. The second-order valence-electron chi connectivity index (χ2n) is 6.28. The molecule has 0 aliphatic carbocycles. The molecule has 0 bridgehead atoms. The van der Waals surface area contributed by atoms with E-state index in [9.17, 15) is 4.79 Å². The first-order valence-corrected chi connectivity index (χ1v) is 8.84. The van der Waals surface area contributed by atoms with Crippen LogP contribution in [0, 0.1) is 0 Å². The van der Waals surface area contributed by atoms with Gasteiger partial charge in [-0.15, -0.1) is 0 Å². The molecule has 1 heterocycles. The van der Waals surface area contributed by atoms with E-state index < -0.39 is 0 Å². The van der Waals surface area contributed by atoms with Gasteiger partial charge in [-0.2, -0.15) is 0 Å². The highest BCUT2D eigenvalue weighted by Gasteiger charge is 2.24. The van der Waals surface area contributed by atoms with Crippen LogP contribution in [0.5, 0.6) is 5.75 Å². The average Bonchev–Trinajstić information content (AvgIpc) is 2.56. The van der Waals surface area contributed by atoms with Gasteiger partial charge in [-0.3, -0.25) is 4.79 Å². The van der Waals surface area contributed by atoms with Crippen LogP contribution >= 0.6 is 0 Å². The minimum atomic E-state index is 0.248. The van der Waals surface area contributed by atoms with E-state index in [4.69, 9.17) is 4.74 Å². The van der Waals surface area contributed by atoms with Crippen LogP contribution < -0.4 is 4.74 Å². The lowest BCUT2D eigenvalue weighted by Gasteiger charge is -2.33. The van der Waals surface area contributed by atoms with E-state index in [1.807, 2.05) is 43.0 Å². The standard InChI is InChI=1S/C19H30N2O2/c1-4-21(15-16-10-6-7-12-18(16)23-5-2)19(22)14-17-11-8-9-13-20(17)3/h6-7,10,12,17H,4-5,8-9,11,13-15H2,1-3H3/t17-/m0/s1. The molecule has 128 valence electrons. The summed E-state index contributed by atoms with van der Waals surface area (Å²) in [6.45, 7) is 7.14. The Bertz CT molecular complexity index is 504. The van der Waals surface area contributed by atoms with E-state index in [0.717, 1.165) is 30.8 Å². The van der Waals surface area contributed by atoms with Gasteiger partial charge in [0.05, 0.1) is 6.61 Å². The Balaban J connectivity index is 2.00. The van der Waals surface area contributed by atoms with Crippen molar-refractivity contribution < 1.29 is 9.53 Å². The first kappa shape index (κ1) is 17.8. The number of ether oxygens (including phenoxy) is 1. The molecular weight excluding hydrogens is 288 g/mol. The Kier molecular flexibility index (Phi) is 6.90. The minimum Gasteiger partial charge on any atom is -0.494 e. The number of amides is 1. The molecule has 1 aliphatic heterocycles. The van der Waals surface area contributed by atoms with Crippen molar-refractivity contribution in [2.45, 2.75) is 52.1 Å². The molecule has 23 heavy (non-hydrogen) atoms. The molecule has 1 amide bonds. The molecule has 0 unspecified atom stereocenters. The van der Waals surface area contributed by atoms with Crippen molar-refractivity contribution >= 4 is 5.91 Å². The lowest BCUT2D eigenvalue weighted by atomic mass is 9.99. The molecule has 0 saturated carbocycles. The van der Waals surface area contributed by atoms with Gasteiger partial charge in [0.1, 0.15) is 5.75 Å². The lowest BCUT2D eigenvalue weighted by Crippen LogP contribution is -2.41. The van der Waals surface area contributed by atoms with E-state index in [2.05, 4.69) is 11.9 Å². The molecule has 4 heteroatoms. The van der Waals surface area contributed by atoms with E-state index in [1.54, 1.807) is 0 Å². The fraction of sp³-hybridized carbons (Fsp3) is 0.632. The molecule has 2 rings (SSSR count). The van der Waals surface area contributed by atoms with Crippen LogP contribution in [0.1, 0.15) is 45.1 Å². The molecule has 1 atom stereocenters. The summed E-state index contributed by atoms with van der Waals surface area (Å²) in [4.78, 5) is 17.0. The molecule has 1 aromatic rings. The normalized spacial score (nSPS) is 18.7. The number of rotatable bonds is 7. The summed E-state index contributed by atoms with van der Waals surface area (Å²) in [5.74, 6) is 1.13. The maximum atomic E-state index is 12.7. The fourth-order valence-electron chi connectivity index (χ4n) is 3.25. The van der Waals surface area contributed by atoms with Crippen molar-refractivity contribution in [2.75, 3.05) is 26.7 Å². The summed E-state index contributed by atoms with van der Waals surface area (Å²) in [6.07, 6.45) is 4.25. The second-order valence-corrected chi connectivity index (χ2v) is 6.28. The first-order valence-electron chi connectivity index (χ1n) is 8.84. The maximum absolute atomic E-state index is 12.7. The Labute approximate surface area is 140 Å². The van der Waals surface area contributed by atoms with Crippen molar-refractivity contribution in [1.29, 1.82) is 0 Å². The number of piperidine rings is 1. The summed E-state index contributed by atoms with van der Waals surface area (Å²) in [7, 11) is 2.14. The third kappa shape index (κ3) is 4.96. The van der Waals surface area contributed by atoms with E-state index in [0.29, 0.717) is 25.6 Å². The lowest BCUT2D eigenvalue weighted by molar-refractivity contribution is -0.133. The Morgan fingerprint density at radius 1 is 1.30 bits per heavy atom. The van der Waals surface area contributed by atoms with Crippen LogP contribution in [0.4, 0.5) is 0 Å². The van der Waals surface area contributed by atoms with Crippen molar-refractivity contribution in [2.24, 2.45) is 0 Å². The fourth-order valence-corrected chi connectivity index (χ4v) is 3.25. The van der Waals surface area contributed by atoms with Gasteiger partial charge in [-0.25, -0.2) is 0 Å². The van der Waals surface area contributed by atoms with E-state index in [1.165, 1.54) is 12.8 Å². The number of carbonyl (C=O) groups is 1. The molecule has 1 aromatic carbocycles. The van der Waals surface area contributed by atoms with Crippen LogP contribution in [-0.2, 0) is 11.3 Å². The van der Waals surface area contributed by atoms with Crippen LogP contribution in [0.25, 0.3) is 0 Å². The van der Waals surface area contributed by atoms with Crippen molar-refractivity contribution in [1.82, 2.24) is 9.80 Å². The van der Waals surface area contributed by atoms with Gasteiger partial charge in [-0.1, -0.05) is 24.6 Å². The third-order valence-electron chi connectivity index (χ3n) is 4.70. The quantitative estimate of drug-likeness (QED) is 0.773. The smallest absolute Gasteiger partial charge is 0.224 e. The number of likely N-dealkylation sites (tertiary alicyclic amines) is 1. The molecule has 0 radical (unpaired) electrons. The molecule has 0 N–H and O–H groups in total. The molecule has 1 aliphatic rings. The van der Waals surface area contributed by atoms with Crippen molar-refractivity contribution in [3.63, 3.8) is 0 Å². The Hall–Kier alpha value is -1.55. The van der Waals surface area contributed by atoms with Gasteiger partial charge in [0.2, 0.25) is 5.91 Å². The molecule has 1 saturated heterocycles. The minimum absolute atomic E-state index is 0.248. The number of hydrogen-bond donors (Lipinski definition) is 0. The predicted octanol–water partition coefficient (Wildman–Crippen LogP) is 3.31. The number of hydrogen-bond acceptors (Lipinski definition) is 3. The van der Waals surface area contributed by atoms with Crippen LogP contribution in [-0.4, -0.2) is 48.5 Å². The van der Waals surface area contributed by atoms with Gasteiger partial charge in [0.15, 0.2) is 0 Å². The van der Waals surface area contributed by atoms with Crippen molar-refractivity contribution in [3.8, 4) is 5.75 Å². The molecule has 1 fully saturated rings. The number of benzene rings is 1. The highest BCUT2D eigenvalue weighted by molar-refractivity contribution is 5.77. The highest BCUT2D eigenvalue weighted by Crippen LogP contribution is 2.22. The summed E-state index contributed by atoms with van der Waals surface area (Å²) < 4.78 is 5.68. The summed E-state index contributed by atoms with van der Waals surface area (Å²) in [6, 6.07) is 8.40. The Morgan fingerprint density at radius 2 is 2.09 bits per heavy atom. The van der Waals surface area contributed by atoms with Gasteiger partial charge in [0.25, 0.3) is 0 Å². The van der Waals surface area contributed by atoms with Gasteiger partial charge in [-0.05, 0) is 46.3 Å². The third-order valence-corrected chi connectivity index (χ3v) is 4.70. The summed E-state index contributed by atoms with van der Waals surface area (Å²) in [5.41, 5.74) is 1.08. The van der Waals surface area contributed by atoms with Gasteiger partial charge >= 0.3 is 0 Å². The summed E-state index contributed by atoms with van der Waals surface area (Å²) >= 11 is 0. The Morgan fingerprint density at radius 3 is 2.78 bits per heavy atom. The van der Waals surface area contributed by atoms with E-state index >= 15 is 0 Å². The van der Waals surface area contributed by atoms with E-state index in [-0.39, 0.29) is 5.91 Å². The topological polar surface area (TPSA) is 32.8 Å². The zero-order valence-corrected chi connectivity index (χ0v) is 14.8. The zero-order valence-electron chi connectivity index (χ0n) is 14.8. The molecule has 0 spiro atoms. The SMILES string of the molecule is CCOc1ccccc1CN(CC)C(=O)C[C@@H]1CCCCN1C. The largest absolute Gasteiger partial charge is 0.494 e. The summed E-state index contributed by atoms with van der Waals surface area (Å²) in [5, 5.41) is 0. The predicted molar refractivity (Wildman–Crippen MR) is 93.6 cm³/mol. The number of nitrogens with zero attached hydrogens (tertiary/aromatic N) is 2. The van der Waals surface area contributed by atoms with Crippen molar-refractivity contribution in [3.05, 3.63) is 29.8 Å². The molecule has 0 aromatic heterocycles. The average molecular weight is 318 g/mol. The highest BCUT2D eigenvalue weighted by atomic mass is 16.5. The van der Waals surface area contributed by atoms with Crippen LogP contribution in [0.3, 0.4) is 0 Å². The molecule has 4 nitrogen and oxygen atoms in total. The second kappa shape index (κ2) is 8.92.